The van der Waals surface area contributed by atoms with Gasteiger partial charge in [0, 0.05) is 11.6 Å². The molecule has 0 spiro atoms. The van der Waals surface area contributed by atoms with Crippen LogP contribution < -0.4 is 5.32 Å². The minimum absolute atomic E-state index is 0.188. The predicted octanol–water partition coefficient (Wildman–Crippen LogP) is 3.79. The zero-order valence-corrected chi connectivity index (χ0v) is 10.9. The van der Waals surface area contributed by atoms with E-state index >= 15 is 0 Å². The molecule has 1 aliphatic carbocycles. The van der Waals surface area contributed by atoms with Crippen LogP contribution in [0, 0.1) is 11.8 Å². The van der Waals surface area contributed by atoms with E-state index in [1.807, 2.05) is 18.2 Å². The van der Waals surface area contributed by atoms with Crippen LogP contribution in [0.1, 0.15) is 45.1 Å². The van der Waals surface area contributed by atoms with Crippen molar-refractivity contribution in [3.63, 3.8) is 0 Å². The molecule has 2 heteroatoms. The Morgan fingerprint density at radius 3 is 2.71 bits per heavy atom. The van der Waals surface area contributed by atoms with E-state index in [9.17, 15) is 4.79 Å². The maximum Gasteiger partial charge on any atom is 0.227 e. The number of amides is 1. The van der Waals surface area contributed by atoms with E-state index < -0.39 is 0 Å². The van der Waals surface area contributed by atoms with E-state index in [1.54, 1.807) is 0 Å². The Hall–Kier alpha value is -1.31. The summed E-state index contributed by atoms with van der Waals surface area (Å²) in [5.41, 5.74) is 2.24. The molecule has 92 valence electrons. The summed E-state index contributed by atoms with van der Waals surface area (Å²) in [5.74, 6) is 1.47. The number of hydrogen-bond acceptors (Lipinski definition) is 1. The van der Waals surface area contributed by atoms with E-state index in [2.05, 4.69) is 32.2 Å². The molecule has 0 radical (unpaired) electrons. The van der Waals surface area contributed by atoms with Crippen LogP contribution >= 0.6 is 0 Å². The molecule has 1 aromatic carbocycles. The summed E-state index contributed by atoms with van der Waals surface area (Å²) in [6.45, 7) is 6.50. The fourth-order valence-electron chi connectivity index (χ4n) is 2.17. The van der Waals surface area contributed by atoms with E-state index in [1.165, 1.54) is 5.56 Å². The molecule has 0 bridgehead atoms. The summed E-state index contributed by atoms with van der Waals surface area (Å²) in [6, 6.07) is 8.14. The molecule has 3 atom stereocenters. The van der Waals surface area contributed by atoms with Crippen molar-refractivity contribution in [2.24, 2.45) is 11.8 Å². The molecule has 0 heterocycles. The Morgan fingerprint density at radius 1 is 1.47 bits per heavy atom. The van der Waals surface area contributed by atoms with Gasteiger partial charge in [-0.3, -0.25) is 4.79 Å². The van der Waals surface area contributed by atoms with Crippen molar-refractivity contribution in [2.45, 2.75) is 39.5 Å². The van der Waals surface area contributed by atoms with E-state index in [4.69, 9.17) is 0 Å². The SMILES string of the molecule is CC[C@@H](C)c1ccccc1NC(=O)[C@H]1C[C@@H]1C. The molecule has 0 aliphatic heterocycles. The van der Waals surface area contributed by atoms with Crippen LogP contribution in [-0.4, -0.2) is 5.91 Å². The number of para-hydroxylation sites is 1. The predicted molar refractivity (Wildman–Crippen MR) is 71.0 cm³/mol. The van der Waals surface area contributed by atoms with Gasteiger partial charge in [0.25, 0.3) is 0 Å². The molecule has 2 nitrogen and oxygen atoms in total. The molecule has 2 rings (SSSR count). The van der Waals surface area contributed by atoms with Gasteiger partial charge in [0.2, 0.25) is 5.91 Å². The highest BCUT2D eigenvalue weighted by Gasteiger charge is 2.39. The van der Waals surface area contributed by atoms with Crippen LogP contribution in [0.2, 0.25) is 0 Å². The molecule has 0 aromatic heterocycles. The van der Waals surface area contributed by atoms with Crippen molar-refractivity contribution in [3.05, 3.63) is 29.8 Å². The molecule has 17 heavy (non-hydrogen) atoms. The lowest BCUT2D eigenvalue weighted by atomic mass is 9.97. The highest BCUT2D eigenvalue weighted by Crippen LogP contribution is 2.39. The van der Waals surface area contributed by atoms with E-state index in [0.29, 0.717) is 11.8 Å². The third-order valence-corrected chi connectivity index (χ3v) is 3.81. The third kappa shape index (κ3) is 2.68. The summed E-state index contributed by atoms with van der Waals surface area (Å²) < 4.78 is 0. The molecule has 1 fully saturated rings. The second kappa shape index (κ2) is 4.91. The number of rotatable bonds is 4. The summed E-state index contributed by atoms with van der Waals surface area (Å²) >= 11 is 0. The van der Waals surface area contributed by atoms with Gasteiger partial charge < -0.3 is 5.32 Å². The number of anilines is 1. The maximum absolute atomic E-state index is 11.9. The Morgan fingerprint density at radius 2 is 2.12 bits per heavy atom. The van der Waals surface area contributed by atoms with Crippen molar-refractivity contribution in [1.82, 2.24) is 0 Å². The van der Waals surface area contributed by atoms with Crippen molar-refractivity contribution >= 4 is 11.6 Å². The van der Waals surface area contributed by atoms with Crippen LogP contribution in [-0.2, 0) is 4.79 Å². The minimum Gasteiger partial charge on any atom is -0.326 e. The van der Waals surface area contributed by atoms with Gasteiger partial charge in [-0.25, -0.2) is 0 Å². The van der Waals surface area contributed by atoms with Gasteiger partial charge in [0.15, 0.2) is 0 Å². The Balaban J connectivity index is 2.12. The summed E-state index contributed by atoms with van der Waals surface area (Å²) in [7, 11) is 0. The molecular weight excluding hydrogens is 210 g/mol. The summed E-state index contributed by atoms with van der Waals surface area (Å²) in [5, 5.41) is 3.08. The monoisotopic (exact) mass is 231 g/mol. The van der Waals surface area contributed by atoms with Crippen molar-refractivity contribution < 1.29 is 4.79 Å². The van der Waals surface area contributed by atoms with Gasteiger partial charge in [-0.05, 0) is 36.3 Å². The molecular formula is C15H21NO. The van der Waals surface area contributed by atoms with Crippen molar-refractivity contribution in [3.8, 4) is 0 Å². The van der Waals surface area contributed by atoms with E-state index in [0.717, 1.165) is 18.5 Å². The average Bonchev–Trinajstić information content (AvgIpc) is 3.06. The molecule has 1 saturated carbocycles. The second-order valence-electron chi connectivity index (χ2n) is 5.21. The fraction of sp³-hybridized carbons (Fsp3) is 0.533. The molecule has 0 saturated heterocycles. The van der Waals surface area contributed by atoms with Gasteiger partial charge in [-0.2, -0.15) is 0 Å². The van der Waals surface area contributed by atoms with Gasteiger partial charge >= 0.3 is 0 Å². The first-order valence-corrected chi connectivity index (χ1v) is 6.53. The average molecular weight is 231 g/mol. The lowest BCUT2D eigenvalue weighted by Crippen LogP contribution is -2.16. The Bertz CT molecular complexity index is 413. The molecule has 0 unspecified atom stereocenters. The van der Waals surface area contributed by atoms with Gasteiger partial charge in [0.1, 0.15) is 0 Å². The number of hydrogen-bond donors (Lipinski definition) is 1. The van der Waals surface area contributed by atoms with Crippen LogP contribution in [0.25, 0.3) is 0 Å². The number of carbonyl (C=O) groups excluding carboxylic acids is 1. The Kier molecular flexibility index (Phi) is 3.51. The molecule has 1 N–H and O–H groups in total. The van der Waals surface area contributed by atoms with Crippen LogP contribution in [0.15, 0.2) is 24.3 Å². The van der Waals surface area contributed by atoms with Crippen molar-refractivity contribution in [2.75, 3.05) is 5.32 Å². The van der Waals surface area contributed by atoms with Crippen LogP contribution in [0.3, 0.4) is 0 Å². The number of carbonyl (C=O) groups is 1. The first-order valence-electron chi connectivity index (χ1n) is 6.53. The largest absolute Gasteiger partial charge is 0.326 e. The Labute approximate surface area is 103 Å². The lowest BCUT2D eigenvalue weighted by molar-refractivity contribution is -0.117. The zero-order chi connectivity index (χ0) is 12.4. The summed E-state index contributed by atoms with van der Waals surface area (Å²) in [6.07, 6.45) is 2.13. The topological polar surface area (TPSA) is 29.1 Å². The molecule has 1 aromatic rings. The lowest BCUT2D eigenvalue weighted by Gasteiger charge is -2.15. The van der Waals surface area contributed by atoms with Crippen LogP contribution in [0.4, 0.5) is 5.69 Å². The van der Waals surface area contributed by atoms with Crippen LogP contribution in [0.5, 0.6) is 0 Å². The number of nitrogens with one attached hydrogen (secondary N) is 1. The first-order chi connectivity index (χ1) is 8.13. The standard InChI is InChI=1S/C15H21NO/c1-4-10(2)12-7-5-6-8-14(12)16-15(17)13-9-11(13)3/h5-8,10-11,13H,4,9H2,1-3H3,(H,16,17)/t10-,11+,13+/m1/s1. The quantitative estimate of drug-likeness (QED) is 0.839. The first kappa shape index (κ1) is 12.2. The van der Waals surface area contributed by atoms with E-state index in [-0.39, 0.29) is 11.8 Å². The highest BCUT2D eigenvalue weighted by atomic mass is 16.2. The maximum atomic E-state index is 11.9. The normalized spacial score (nSPS) is 24.2. The zero-order valence-electron chi connectivity index (χ0n) is 10.9. The van der Waals surface area contributed by atoms with Gasteiger partial charge in [-0.1, -0.05) is 39.0 Å². The highest BCUT2D eigenvalue weighted by molar-refractivity contribution is 5.95. The minimum atomic E-state index is 0.188. The van der Waals surface area contributed by atoms with Gasteiger partial charge in [-0.15, -0.1) is 0 Å². The molecule has 1 aliphatic rings. The van der Waals surface area contributed by atoms with Crippen molar-refractivity contribution in [1.29, 1.82) is 0 Å². The second-order valence-corrected chi connectivity index (χ2v) is 5.21. The summed E-state index contributed by atoms with van der Waals surface area (Å²) in [4.78, 5) is 11.9. The number of benzene rings is 1. The third-order valence-electron chi connectivity index (χ3n) is 3.81. The van der Waals surface area contributed by atoms with Gasteiger partial charge in [0.05, 0.1) is 0 Å². The molecule has 1 amide bonds. The smallest absolute Gasteiger partial charge is 0.227 e. The fourth-order valence-corrected chi connectivity index (χ4v) is 2.17.